The minimum absolute atomic E-state index is 0.115. The number of thioether (sulfide) groups is 1. The van der Waals surface area contributed by atoms with E-state index in [1.807, 2.05) is 37.3 Å². The lowest BCUT2D eigenvalue weighted by molar-refractivity contribution is -0.137. The van der Waals surface area contributed by atoms with Crippen LogP contribution in [0.5, 0.6) is 0 Å². The van der Waals surface area contributed by atoms with Crippen molar-refractivity contribution in [2.75, 3.05) is 18.8 Å². The van der Waals surface area contributed by atoms with Crippen molar-refractivity contribution in [2.24, 2.45) is 0 Å². The largest absolute Gasteiger partial charge is 0.355 e. The molecule has 150 valence electrons. The van der Waals surface area contributed by atoms with Crippen LogP contribution in [0.1, 0.15) is 25.0 Å². The van der Waals surface area contributed by atoms with Crippen LogP contribution in [0, 0.1) is 5.82 Å². The number of nitrogens with one attached hydrogen (secondary N) is 1. The summed E-state index contributed by atoms with van der Waals surface area (Å²) in [6.07, 6.45) is 0.675. The monoisotopic (exact) mass is 402 g/mol. The van der Waals surface area contributed by atoms with Crippen LogP contribution >= 0.6 is 11.8 Å². The fourth-order valence-electron chi connectivity index (χ4n) is 2.84. The summed E-state index contributed by atoms with van der Waals surface area (Å²) in [5, 5.41) is 2.78. The fraction of sp³-hybridized carbons (Fsp3) is 0.364. The molecular formula is C22H27FN2O2S. The number of rotatable bonds is 10. The number of benzene rings is 2. The Balaban J connectivity index is 1.98. The van der Waals surface area contributed by atoms with Gasteiger partial charge in [-0.1, -0.05) is 48.5 Å². The molecule has 1 atom stereocenters. The van der Waals surface area contributed by atoms with E-state index in [0.717, 1.165) is 5.56 Å². The number of hydrogen-bond acceptors (Lipinski definition) is 3. The molecule has 0 radical (unpaired) electrons. The zero-order chi connectivity index (χ0) is 20.4. The lowest BCUT2D eigenvalue weighted by Gasteiger charge is -2.28. The first-order valence-electron chi connectivity index (χ1n) is 9.45. The number of hydrogen-bond donors (Lipinski definition) is 1. The molecule has 1 N–H and O–H groups in total. The maximum Gasteiger partial charge on any atom is 0.242 e. The standard InChI is InChI=1S/C22H27FN2O2S/c1-3-24-22(27)17(2)25(14-13-18-9-5-4-6-10-18)21(26)16-28-15-19-11-7-8-12-20(19)23/h4-12,17H,3,13-16H2,1-2H3,(H,24,27)/t17-/m1/s1. The molecular weight excluding hydrogens is 375 g/mol. The van der Waals surface area contributed by atoms with Crippen LogP contribution in [0.4, 0.5) is 4.39 Å². The molecule has 0 aliphatic carbocycles. The summed E-state index contributed by atoms with van der Waals surface area (Å²) in [4.78, 5) is 26.7. The second-order valence-electron chi connectivity index (χ2n) is 6.48. The molecule has 0 bridgehead atoms. The van der Waals surface area contributed by atoms with Gasteiger partial charge in [0, 0.05) is 18.8 Å². The topological polar surface area (TPSA) is 49.4 Å². The predicted molar refractivity (Wildman–Crippen MR) is 113 cm³/mol. The van der Waals surface area contributed by atoms with E-state index >= 15 is 0 Å². The van der Waals surface area contributed by atoms with Gasteiger partial charge in [-0.2, -0.15) is 0 Å². The lowest BCUT2D eigenvalue weighted by atomic mass is 10.1. The first-order chi connectivity index (χ1) is 13.5. The van der Waals surface area contributed by atoms with Crippen molar-refractivity contribution in [1.29, 1.82) is 0 Å². The van der Waals surface area contributed by atoms with Crippen molar-refractivity contribution in [3.63, 3.8) is 0 Å². The lowest BCUT2D eigenvalue weighted by Crippen LogP contribution is -2.49. The minimum atomic E-state index is -0.551. The Hall–Kier alpha value is -2.34. The summed E-state index contributed by atoms with van der Waals surface area (Å²) in [6.45, 7) is 4.58. The van der Waals surface area contributed by atoms with Crippen LogP contribution in [-0.2, 0) is 21.8 Å². The van der Waals surface area contributed by atoms with Gasteiger partial charge in [-0.3, -0.25) is 9.59 Å². The highest BCUT2D eigenvalue weighted by molar-refractivity contribution is 7.99. The van der Waals surface area contributed by atoms with Crippen LogP contribution in [0.3, 0.4) is 0 Å². The maximum absolute atomic E-state index is 13.7. The Morgan fingerprint density at radius 1 is 1.11 bits per heavy atom. The average molecular weight is 403 g/mol. The SMILES string of the molecule is CCNC(=O)[C@@H](C)N(CCc1ccccc1)C(=O)CSCc1ccccc1F. The van der Waals surface area contributed by atoms with Crippen LogP contribution in [0.15, 0.2) is 54.6 Å². The molecule has 0 fully saturated rings. The van der Waals surface area contributed by atoms with E-state index in [2.05, 4.69) is 5.32 Å². The molecule has 0 aliphatic heterocycles. The maximum atomic E-state index is 13.7. The third kappa shape index (κ3) is 6.68. The highest BCUT2D eigenvalue weighted by Gasteiger charge is 2.25. The van der Waals surface area contributed by atoms with Gasteiger partial charge >= 0.3 is 0 Å². The molecule has 0 aliphatic rings. The number of nitrogens with zero attached hydrogens (tertiary/aromatic N) is 1. The Morgan fingerprint density at radius 2 is 1.79 bits per heavy atom. The molecule has 28 heavy (non-hydrogen) atoms. The Bertz CT molecular complexity index is 770. The number of carbonyl (C=O) groups excluding carboxylic acids is 2. The highest BCUT2D eigenvalue weighted by Crippen LogP contribution is 2.17. The highest BCUT2D eigenvalue weighted by atomic mass is 32.2. The number of halogens is 1. The van der Waals surface area contributed by atoms with Crippen LogP contribution < -0.4 is 5.32 Å². The number of likely N-dealkylation sites (N-methyl/N-ethyl adjacent to an activating group) is 1. The summed E-state index contributed by atoms with van der Waals surface area (Å²) >= 11 is 1.36. The zero-order valence-electron chi connectivity index (χ0n) is 16.4. The number of carbonyl (C=O) groups is 2. The molecule has 0 saturated carbocycles. The van der Waals surface area contributed by atoms with Crippen LogP contribution in [0.25, 0.3) is 0 Å². The summed E-state index contributed by atoms with van der Waals surface area (Å²) < 4.78 is 13.7. The van der Waals surface area contributed by atoms with Crippen LogP contribution in [-0.4, -0.2) is 41.6 Å². The third-order valence-corrected chi connectivity index (χ3v) is 5.41. The first kappa shape index (κ1) is 22.0. The van der Waals surface area contributed by atoms with Gasteiger partial charge in [0.2, 0.25) is 11.8 Å². The van der Waals surface area contributed by atoms with Gasteiger partial charge in [0.15, 0.2) is 0 Å². The van der Waals surface area contributed by atoms with Crippen molar-refractivity contribution in [2.45, 2.75) is 32.1 Å². The van der Waals surface area contributed by atoms with E-state index in [-0.39, 0.29) is 23.4 Å². The second-order valence-corrected chi connectivity index (χ2v) is 7.46. The van der Waals surface area contributed by atoms with Gasteiger partial charge < -0.3 is 10.2 Å². The molecule has 2 aromatic rings. The molecule has 2 rings (SSSR count). The summed E-state index contributed by atoms with van der Waals surface area (Å²) in [7, 11) is 0. The molecule has 0 saturated heterocycles. The Labute approximate surface area is 170 Å². The summed E-state index contributed by atoms with van der Waals surface area (Å²) in [5.41, 5.74) is 1.69. The van der Waals surface area contributed by atoms with E-state index in [4.69, 9.17) is 0 Å². The number of amides is 2. The molecule has 4 nitrogen and oxygen atoms in total. The van der Waals surface area contributed by atoms with Crippen molar-refractivity contribution < 1.29 is 14.0 Å². The van der Waals surface area contributed by atoms with Crippen molar-refractivity contribution in [1.82, 2.24) is 10.2 Å². The van der Waals surface area contributed by atoms with E-state index in [1.54, 1.807) is 30.0 Å². The van der Waals surface area contributed by atoms with Gasteiger partial charge in [-0.05, 0) is 37.5 Å². The molecule has 0 aromatic heterocycles. The molecule has 0 heterocycles. The molecule has 2 aromatic carbocycles. The van der Waals surface area contributed by atoms with Crippen LogP contribution in [0.2, 0.25) is 0 Å². The molecule has 6 heteroatoms. The Kier molecular flexibility index (Phi) is 9.01. The summed E-state index contributed by atoms with van der Waals surface area (Å²) in [6, 6.07) is 15.9. The zero-order valence-corrected chi connectivity index (χ0v) is 17.2. The normalized spacial score (nSPS) is 11.7. The van der Waals surface area contributed by atoms with Gasteiger partial charge in [0.05, 0.1) is 5.75 Å². The average Bonchev–Trinajstić information content (AvgIpc) is 2.70. The first-order valence-corrected chi connectivity index (χ1v) is 10.6. The summed E-state index contributed by atoms with van der Waals surface area (Å²) in [5.74, 6) is 0.0750. The van der Waals surface area contributed by atoms with E-state index in [1.165, 1.54) is 17.8 Å². The Morgan fingerprint density at radius 3 is 2.46 bits per heavy atom. The van der Waals surface area contributed by atoms with E-state index in [9.17, 15) is 14.0 Å². The molecule has 0 spiro atoms. The van der Waals surface area contributed by atoms with Gasteiger partial charge in [-0.25, -0.2) is 4.39 Å². The van der Waals surface area contributed by atoms with Crippen molar-refractivity contribution >= 4 is 23.6 Å². The van der Waals surface area contributed by atoms with E-state index < -0.39 is 6.04 Å². The second kappa shape index (κ2) is 11.5. The van der Waals surface area contributed by atoms with Gasteiger partial charge in [0.25, 0.3) is 0 Å². The van der Waals surface area contributed by atoms with Gasteiger partial charge in [0.1, 0.15) is 11.9 Å². The molecule has 2 amide bonds. The minimum Gasteiger partial charge on any atom is -0.355 e. The van der Waals surface area contributed by atoms with E-state index in [0.29, 0.717) is 30.8 Å². The van der Waals surface area contributed by atoms with Crippen molar-refractivity contribution in [3.8, 4) is 0 Å². The smallest absolute Gasteiger partial charge is 0.242 e. The predicted octanol–water partition coefficient (Wildman–Crippen LogP) is 3.65. The molecule has 0 unspecified atom stereocenters. The quantitative estimate of drug-likeness (QED) is 0.660. The fourth-order valence-corrected chi connectivity index (χ4v) is 3.74. The van der Waals surface area contributed by atoms with Gasteiger partial charge in [-0.15, -0.1) is 11.8 Å². The third-order valence-electron chi connectivity index (χ3n) is 4.44. The van der Waals surface area contributed by atoms with Crippen molar-refractivity contribution in [3.05, 3.63) is 71.5 Å².